The molecule has 1 aromatic carbocycles. The highest BCUT2D eigenvalue weighted by Crippen LogP contribution is 2.25. The van der Waals surface area contributed by atoms with Gasteiger partial charge >= 0.3 is 5.97 Å². The van der Waals surface area contributed by atoms with E-state index in [9.17, 15) is 9.59 Å². The molecule has 0 fully saturated rings. The third-order valence-electron chi connectivity index (χ3n) is 4.81. The molecule has 0 aliphatic heterocycles. The lowest BCUT2D eigenvalue weighted by Crippen LogP contribution is -2.36. The van der Waals surface area contributed by atoms with Crippen molar-refractivity contribution in [2.45, 2.75) is 52.1 Å². The Kier molecular flexibility index (Phi) is 5.76. The lowest BCUT2D eigenvalue weighted by atomic mass is 9.97. The van der Waals surface area contributed by atoms with E-state index in [2.05, 4.69) is 11.4 Å². The van der Waals surface area contributed by atoms with Crippen LogP contribution < -0.4 is 5.32 Å². The number of para-hydroxylation sites is 1. The first-order chi connectivity index (χ1) is 12.6. The molecule has 0 spiro atoms. The number of fused-ring (bicyclic) bond motifs is 1. The van der Waals surface area contributed by atoms with E-state index < -0.39 is 12.1 Å². The maximum atomic E-state index is 12.4. The van der Waals surface area contributed by atoms with Crippen LogP contribution in [0.3, 0.4) is 0 Å². The largest absolute Gasteiger partial charge is 0.449 e. The summed E-state index contributed by atoms with van der Waals surface area (Å²) in [5, 5.41) is 3.71. The lowest BCUT2D eigenvalue weighted by Gasteiger charge is -2.15. The molecular formula is C21H25NO4. The van der Waals surface area contributed by atoms with Crippen molar-refractivity contribution < 1.29 is 18.7 Å². The van der Waals surface area contributed by atoms with Gasteiger partial charge in [-0.2, -0.15) is 0 Å². The van der Waals surface area contributed by atoms with Gasteiger partial charge in [-0.25, -0.2) is 4.79 Å². The van der Waals surface area contributed by atoms with E-state index >= 15 is 0 Å². The Hall–Kier alpha value is -2.56. The standard InChI is InChI=1S/C21H25NO4/c1-14-17-10-6-7-11-18(17)26-19(14)21(24)25-15(2)20(23)22-13-12-16-8-4-3-5-9-16/h6-8,10-11,15H,3-5,9,12-13H2,1-2H3,(H,22,23)/t15-/m0/s1. The quantitative estimate of drug-likeness (QED) is 0.620. The zero-order valence-corrected chi connectivity index (χ0v) is 15.3. The van der Waals surface area contributed by atoms with E-state index in [1.54, 1.807) is 13.0 Å². The second-order valence-corrected chi connectivity index (χ2v) is 6.75. The van der Waals surface area contributed by atoms with E-state index in [4.69, 9.17) is 9.15 Å². The van der Waals surface area contributed by atoms with Crippen LogP contribution in [0.2, 0.25) is 0 Å². The number of amides is 1. The van der Waals surface area contributed by atoms with Gasteiger partial charge in [0.1, 0.15) is 5.58 Å². The monoisotopic (exact) mass is 355 g/mol. The zero-order valence-electron chi connectivity index (χ0n) is 15.3. The summed E-state index contributed by atoms with van der Waals surface area (Å²) in [6.45, 7) is 3.95. The van der Waals surface area contributed by atoms with Crippen LogP contribution in [0.25, 0.3) is 11.0 Å². The van der Waals surface area contributed by atoms with Gasteiger partial charge < -0.3 is 14.5 Å². The minimum Gasteiger partial charge on any atom is -0.449 e. The van der Waals surface area contributed by atoms with Gasteiger partial charge in [0.05, 0.1) is 0 Å². The number of furan rings is 1. The Morgan fingerprint density at radius 2 is 2.08 bits per heavy atom. The number of esters is 1. The van der Waals surface area contributed by atoms with Gasteiger partial charge in [0.25, 0.3) is 5.91 Å². The molecule has 138 valence electrons. The summed E-state index contributed by atoms with van der Waals surface area (Å²) < 4.78 is 10.9. The molecule has 0 radical (unpaired) electrons. The summed E-state index contributed by atoms with van der Waals surface area (Å²) in [5.74, 6) is -0.752. The van der Waals surface area contributed by atoms with Crippen LogP contribution >= 0.6 is 0 Å². The van der Waals surface area contributed by atoms with E-state index in [1.807, 2.05) is 25.1 Å². The second-order valence-electron chi connectivity index (χ2n) is 6.75. The predicted octanol–water partition coefficient (Wildman–Crippen LogP) is 4.29. The van der Waals surface area contributed by atoms with Crippen molar-refractivity contribution in [3.05, 3.63) is 47.2 Å². The maximum absolute atomic E-state index is 12.4. The highest BCUT2D eigenvalue weighted by molar-refractivity contribution is 5.97. The highest BCUT2D eigenvalue weighted by Gasteiger charge is 2.23. The van der Waals surface area contributed by atoms with Crippen LogP contribution in [0.1, 0.15) is 55.1 Å². The van der Waals surface area contributed by atoms with Crippen molar-refractivity contribution in [1.29, 1.82) is 0 Å². The fraction of sp³-hybridized carbons (Fsp3) is 0.429. The summed E-state index contributed by atoms with van der Waals surface area (Å²) in [4.78, 5) is 24.5. The van der Waals surface area contributed by atoms with Gasteiger partial charge in [-0.05, 0) is 52.0 Å². The number of carbonyl (C=O) groups excluding carboxylic acids is 2. The van der Waals surface area contributed by atoms with Gasteiger partial charge in [0.2, 0.25) is 5.76 Å². The number of ether oxygens (including phenoxy) is 1. The molecule has 1 aliphatic carbocycles. The normalized spacial score (nSPS) is 15.4. The fourth-order valence-electron chi connectivity index (χ4n) is 3.26. The Labute approximate surface area is 153 Å². The number of nitrogens with one attached hydrogen (secondary N) is 1. The van der Waals surface area contributed by atoms with E-state index in [1.165, 1.54) is 18.4 Å². The van der Waals surface area contributed by atoms with Crippen molar-refractivity contribution in [2.75, 3.05) is 6.54 Å². The smallest absolute Gasteiger partial charge is 0.375 e. The summed E-state index contributed by atoms with van der Waals surface area (Å²) in [7, 11) is 0. The van der Waals surface area contributed by atoms with Crippen LogP contribution in [0, 0.1) is 6.92 Å². The molecule has 5 heteroatoms. The number of aryl methyl sites for hydroxylation is 1. The number of allylic oxidation sites excluding steroid dienone is 1. The zero-order chi connectivity index (χ0) is 18.5. The second kappa shape index (κ2) is 8.21. The highest BCUT2D eigenvalue weighted by atomic mass is 16.6. The molecule has 0 saturated heterocycles. The molecule has 1 heterocycles. The number of benzene rings is 1. The molecule has 1 atom stereocenters. The lowest BCUT2D eigenvalue weighted by molar-refractivity contribution is -0.129. The SMILES string of the molecule is Cc1c(C(=O)O[C@@H](C)C(=O)NCCC2=CCCCC2)oc2ccccc12. The molecule has 1 aromatic heterocycles. The molecule has 1 N–H and O–H groups in total. The Morgan fingerprint density at radius 1 is 1.27 bits per heavy atom. The molecule has 26 heavy (non-hydrogen) atoms. The van der Waals surface area contributed by atoms with Crippen LogP contribution in [0.4, 0.5) is 0 Å². The van der Waals surface area contributed by atoms with Crippen molar-refractivity contribution in [1.82, 2.24) is 5.32 Å². The third-order valence-corrected chi connectivity index (χ3v) is 4.81. The van der Waals surface area contributed by atoms with Crippen molar-refractivity contribution in [3.63, 3.8) is 0 Å². The first-order valence-corrected chi connectivity index (χ1v) is 9.21. The van der Waals surface area contributed by atoms with Crippen molar-refractivity contribution >= 4 is 22.8 Å². The van der Waals surface area contributed by atoms with Crippen LogP contribution in [-0.2, 0) is 9.53 Å². The molecule has 0 bridgehead atoms. The average Bonchev–Trinajstić information content (AvgIpc) is 2.99. The minimum atomic E-state index is -0.865. The maximum Gasteiger partial charge on any atom is 0.375 e. The fourth-order valence-corrected chi connectivity index (χ4v) is 3.26. The van der Waals surface area contributed by atoms with Crippen LogP contribution in [0.5, 0.6) is 0 Å². The summed E-state index contributed by atoms with van der Waals surface area (Å²) in [6.07, 6.45) is 6.99. The first-order valence-electron chi connectivity index (χ1n) is 9.21. The molecule has 0 unspecified atom stereocenters. The van der Waals surface area contributed by atoms with E-state index in [-0.39, 0.29) is 11.7 Å². The van der Waals surface area contributed by atoms with Gasteiger partial charge in [0, 0.05) is 17.5 Å². The Balaban J connectivity index is 1.53. The van der Waals surface area contributed by atoms with Gasteiger partial charge in [-0.15, -0.1) is 0 Å². The predicted molar refractivity (Wildman–Crippen MR) is 100 cm³/mol. The summed E-state index contributed by atoms with van der Waals surface area (Å²) >= 11 is 0. The first kappa shape index (κ1) is 18.2. The molecular weight excluding hydrogens is 330 g/mol. The van der Waals surface area contributed by atoms with Gasteiger partial charge in [-0.1, -0.05) is 29.8 Å². The van der Waals surface area contributed by atoms with Crippen molar-refractivity contribution in [2.24, 2.45) is 0 Å². The number of carbonyl (C=O) groups is 2. The van der Waals surface area contributed by atoms with E-state index in [0.717, 1.165) is 30.2 Å². The van der Waals surface area contributed by atoms with Gasteiger partial charge in [-0.3, -0.25) is 4.79 Å². The summed E-state index contributed by atoms with van der Waals surface area (Å²) in [5.41, 5.74) is 2.76. The van der Waals surface area contributed by atoms with Gasteiger partial charge in [0.15, 0.2) is 6.10 Å². The molecule has 0 saturated carbocycles. The van der Waals surface area contributed by atoms with Crippen LogP contribution in [0.15, 0.2) is 40.3 Å². The molecule has 2 aromatic rings. The Morgan fingerprint density at radius 3 is 2.81 bits per heavy atom. The third kappa shape index (κ3) is 4.15. The number of rotatable bonds is 6. The molecule has 5 nitrogen and oxygen atoms in total. The topological polar surface area (TPSA) is 68.5 Å². The minimum absolute atomic E-state index is 0.151. The van der Waals surface area contributed by atoms with Crippen LogP contribution in [-0.4, -0.2) is 24.5 Å². The van der Waals surface area contributed by atoms with E-state index in [0.29, 0.717) is 12.1 Å². The molecule has 1 aliphatic rings. The Bertz CT molecular complexity index is 834. The molecule has 1 amide bonds. The number of hydrogen-bond donors (Lipinski definition) is 1. The van der Waals surface area contributed by atoms with Crippen molar-refractivity contribution in [3.8, 4) is 0 Å². The summed E-state index contributed by atoms with van der Waals surface area (Å²) in [6, 6.07) is 7.42. The average molecular weight is 355 g/mol. The molecule has 3 rings (SSSR count). The number of hydrogen-bond acceptors (Lipinski definition) is 4.